The largest absolute Gasteiger partial charge is 0.456 e. The van der Waals surface area contributed by atoms with E-state index in [1.807, 2.05) is 0 Å². The first-order valence-electron chi connectivity index (χ1n) is 24.4. The average Bonchev–Trinajstić information content (AvgIpc) is 3.30. The third-order valence-corrected chi connectivity index (χ3v) is 15.8. The first-order valence-corrected chi connectivity index (χ1v) is 26.0. The number of carbonyl (C=O) groups excluding carboxylic acids is 2. The van der Waals surface area contributed by atoms with Gasteiger partial charge in [-0.2, -0.15) is 0 Å². The van der Waals surface area contributed by atoms with Crippen molar-refractivity contribution < 1.29 is 47.5 Å². The monoisotopic (exact) mass is 1030 g/mol. The van der Waals surface area contributed by atoms with Gasteiger partial charge in [-0.25, -0.2) is 0 Å². The zero-order valence-corrected chi connectivity index (χ0v) is 41.9. The lowest BCUT2D eigenvalue weighted by Gasteiger charge is -2.36. The summed E-state index contributed by atoms with van der Waals surface area (Å²) in [6.45, 7) is 8.27. The predicted molar refractivity (Wildman–Crippen MR) is 260 cm³/mol. The van der Waals surface area contributed by atoms with Gasteiger partial charge in [-0.1, -0.05) is 105 Å². The molecule has 5 aliphatic rings. The van der Waals surface area contributed by atoms with E-state index in [9.17, 15) is 9.59 Å². The van der Waals surface area contributed by atoms with Crippen LogP contribution in [-0.4, -0.2) is 39.7 Å². The second kappa shape index (κ2) is 20.8. The third-order valence-electron chi connectivity index (χ3n) is 14.4. The summed E-state index contributed by atoms with van der Waals surface area (Å²) in [6, 6.07) is 9.12. The lowest BCUT2D eigenvalue weighted by Crippen LogP contribution is -2.24. The molecule has 0 aromatic heterocycles. The quantitative estimate of drug-likeness (QED) is 0.0706. The first kappa shape index (κ1) is 46.7. The van der Waals surface area contributed by atoms with Crippen molar-refractivity contribution in [1.82, 2.24) is 0 Å². The van der Waals surface area contributed by atoms with Gasteiger partial charge in [-0.05, 0) is 81.8 Å². The lowest BCUT2D eigenvalue weighted by molar-refractivity contribution is 0.0929. The smallest absolute Gasteiger partial charge is 0.231 e. The van der Waals surface area contributed by atoms with Gasteiger partial charge in [0.1, 0.15) is 54.9 Å². The number of ether oxygens (including phenoxy) is 8. The number of hydrogen-bond acceptors (Lipinski definition) is 10. The van der Waals surface area contributed by atoms with Crippen LogP contribution in [0.1, 0.15) is 219 Å². The topological polar surface area (TPSA) is 108 Å². The van der Waals surface area contributed by atoms with E-state index in [4.69, 9.17) is 37.9 Å². The fraction of sp³-hybridized carbons (Fsp3) is 0.519. The predicted octanol–water partition coefficient (Wildman–Crippen LogP) is 14.9. The van der Waals surface area contributed by atoms with E-state index in [0.717, 1.165) is 160 Å². The van der Waals surface area contributed by atoms with Crippen molar-refractivity contribution in [2.45, 2.75) is 154 Å². The number of halogens is 2. The summed E-state index contributed by atoms with van der Waals surface area (Å²) in [4.78, 5) is 27.4. The van der Waals surface area contributed by atoms with Crippen LogP contribution < -0.4 is 37.9 Å². The molecule has 4 unspecified atom stereocenters. The number of benzene rings is 4. The molecule has 0 radical (unpaired) electrons. The van der Waals surface area contributed by atoms with Crippen molar-refractivity contribution in [3.63, 3.8) is 0 Å². The Hall–Kier alpha value is -4.42. The summed E-state index contributed by atoms with van der Waals surface area (Å²) < 4.78 is 54.4. The summed E-state index contributed by atoms with van der Waals surface area (Å²) >= 11 is 8.08. The van der Waals surface area contributed by atoms with Crippen molar-refractivity contribution in [2.75, 3.05) is 27.2 Å². The van der Waals surface area contributed by atoms with Crippen molar-refractivity contribution in [1.29, 1.82) is 0 Å². The van der Waals surface area contributed by atoms with E-state index < -0.39 is 0 Å². The van der Waals surface area contributed by atoms with Crippen LogP contribution in [0.25, 0.3) is 0 Å². The second-order valence-corrected chi connectivity index (χ2v) is 19.9. The molecule has 4 heterocycles. The number of rotatable bonds is 18. The molecule has 0 amide bonds. The van der Waals surface area contributed by atoms with E-state index in [1.165, 1.54) is 0 Å². The maximum Gasteiger partial charge on any atom is 0.231 e. The van der Waals surface area contributed by atoms with E-state index in [0.29, 0.717) is 66.1 Å². The van der Waals surface area contributed by atoms with Gasteiger partial charge in [0.2, 0.25) is 27.2 Å². The fourth-order valence-electron chi connectivity index (χ4n) is 11.1. The van der Waals surface area contributed by atoms with Crippen molar-refractivity contribution >= 4 is 44.4 Å². The molecular formula is C54H62Br2O10. The van der Waals surface area contributed by atoms with Gasteiger partial charge < -0.3 is 37.9 Å². The fourth-order valence-corrected chi connectivity index (χ4v) is 12.5. The minimum Gasteiger partial charge on any atom is -0.456 e. The lowest BCUT2D eigenvalue weighted by atomic mass is 9.75. The van der Waals surface area contributed by atoms with Crippen LogP contribution in [0.3, 0.4) is 0 Å². The van der Waals surface area contributed by atoms with Gasteiger partial charge in [0.15, 0.2) is 12.6 Å². The molecule has 0 fully saturated rings. The van der Waals surface area contributed by atoms with E-state index >= 15 is 0 Å². The molecule has 8 bridgehead atoms. The molecule has 4 aromatic carbocycles. The summed E-state index contributed by atoms with van der Waals surface area (Å²) in [5.41, 5.74) is 8.40. The van der Waals surface area contributed by atoms with Crippen molar-refractivity contribution in [3.05, 3.63) is 88.8 Å². The standard InChI is InChI=1S/C54H62Br2O10/c1-5-9-13-17-31-35-21-36-32(18-14-10-6-2)41-24-42-34(20-16-12-8-4)38-22-37-33(19-15-11-7-3)40-23-39(31)51-45(55)52(40)64-29-61-49(37)44(26-58)50(38)62-30-66-54(42)46(56)53(41)65-28-60-48(36)43(25-57)47(35)59-27-63-51/h21-26,31-34H,5-20,27-30H2,1-4H3. The molecule has 10 nitrogen and oxygen atoms in total. The molecule has 0 N–H and O–H groups in total. The van der Waals surface area contributed by atoms with Gasteiger partial charge in [0.05, 0.1) is 11.1 Å². The Labute approximate surface area is 405 Å². The highest BCUT2D eigenvalue weighted by Crippen LogP contribution is 2.59. The minimum atomic E-state index is -0.237. The molecule has 0 saturated heterocycles. The van der Waals surface area contributed by atoms with E-state index in [-0.39, 0.29) is 50.8 Å². The van der Waals surface area contributed by atoms with Crippen LogP contribution in [0.5, 0.6) is 46.0 Å². The molecular weight excluding hydrogens is 968 g/mol. The van der Waals surface area contributed by atoms with Gasteiger partial charge in [-0.3, -0.25) is 9.59 Å². The molecule has 4 atom stereocenters. The summed E-state index contributed by atoms with van der Waals surface area (Å²) in [7, 11) is 0. The Morgan fingerprint density at radius 1 is 0.379 bits per heavy atom. The maximum atomic E-state index is 13.7. The van der Waals surface area contributed by atoms with Crippen LogP contribution in [0.2, 0.25) is 0 Å². The van der Waals surface area contributed by atoms with Crippen LogP contribution in [-0.2, 0) is 0 Å². The normalized spacial score (nSPS) is 19.4. The molecule has 352 valence electrons. The first-order chi connectivity index (χ1) is 32.4. The van der Waals surface area contributed by atoms with Gasteiger partial charge in [0.25, 0.3) is 0 Å². The van der Waals surface area contributed by atoms with Gasteiger partial charge >= 0.3 is 0 Å². The molecule has 66 heavy (non-hydrogen) atoms. The summed E-state index contributed by atoms with van der Waals surface area (Å²) in [5.74, 6) is 3.50. The molecule has 0 spiro atoms. The molecule has 0 saturated carbocycles. The Bertz CT molecular complexity index is 2150. The summed E-state index contributed by atoms with van der Waals surface area (Å²) in [5, 5.41) is 0. The van der Waals surface area contributed by atoms with Crippen LogP contribution in [0.15, 0.2) is 33.2 Å². The number of hydrogen-bond donors (Lipinski definition) is 0. The minimum absolute atomic E-state index is 0.148. The Balaban J connectivity index is 1.46. The van der Waals surface area contributed by atoms with E-state index in [2.05, 4.69) is 83.8 Å². The zero-order valence-electron chi connectivity index (χ0n) is 38.8. The van der Waals surface area contributed by atoms with Crippen molar-refractivity contribution in [2.24, 2.45) is 0 Å². The second-order valence-electron chi connectivity index (χ2n) is 18.4. The zero-order chi connectivity index (χ0) is 45.9. The maximum absolute atomic E-state index is 13.7. The highest BCUT2D eigenvalue weighted by molar-refractivity contribution is 9.11. The molecule has 9 rings (SSSR count). The van der Waals surface area contributed by atoms with Gasteiger partial charge in [0, 0.05) is 68.2 Å². The molecule has 4 aliphatic heterocycles. The Morgan fingerprint density at radius 2 is 0.591 bits per heavy atom. The van der Waals surface area contributed by atoms with Crippen LogP contribution >= 0.6 is 31.9 Å². The number of carbonyl (C=O) groups is 2. The molecule has 1 aliphatic carbocycles. The highest BCUT2D eigenvalue weighted by atomic mass is 79.9. The SMILES string of the molecule is CCCCCC1c2cc3c4c(Br)c2OCOc2c1cc1c(c2C=O)OCOc2c(cc5c(c2Br)OCOc2c(cc(c(c2C=O)OCO4)C3CCCCC)C5CCCCC)C1CCCCC. The molecule has 12 heteroatoms. The highest BCUT2D eigenvalue weighted by Gasteiger charge is 2.41. The molecule has 4 aromatic rings. The average molecular weight is 1030 g/mol. The van der Waals surface area contributed by atoms with E-state index in [1.54, 1.807) is 0 Å². The Morgan fingerprint density at radius 3 is 0.803 bits per heavy atom. The van der Waals surface area contributed by atoms with Crippen LogP contribution in [0.4, 0.5) is 0 Å². The number of unbranched alkanes of at least 4 members (excludes halogenated alkanes) is 8. The third kappa shape index (κ3) is 8.45. The van der Waals surface area contributed by atoms with Crippen LogP contribution in [0, 0.1) is 0 Å². The Kier molecular flexibility index (Phi) is 14.7. The van der Waals surface area contributed by atoms with Gasteiger partial charge in [-0.15, -0.1) is 0 Å². The number of aldehydes is 2. The summed E-state index contributed by atoms with van der Waals surface area (Å²) in [6.07, 6.45) is 16.9. The van der Waals surface area contributed by atoms with Crippen molar-refractivity contribution in [3.8, 4) is 46.0 Å².